The Morgan fingerprint density at radius 3 is 2.74 bits per heavy atom. The van der Waals surface area contributed by atoms with Crippen molar-refractivity contribution < 1.29 is 24.0 Å². The van der Waals surface area contributed by atoms with Gasteiger partial charge in [-0.3, -0.25) is 24.6 Å². The van der Waals surface area contributed by atoms with Crippen molar-refractivity contribution in [2.45, 2.75) is 6.61 Å². The first-order valence-corrected chi connectivity index (χ1v) is 10.1. The van der Waals surface area contributed by atoms with Gasteiger partial charge in [0.25, 0.3) is 16.8 Å². The molecule has 8 nitrogen and oxygen atoms in total. The van der Waals surface area contributed by atoms with E-state index in [1.807, 2.05) is 0 Å². The fraction of sp³-hybridized carbons (Fsp3) is 0.143. The molecule has 0 unspecified atom stereocenters. The molecule has 0 N–H and O–H groups in total. The van der Waals surface area contributed by atoms with Crippen LogP contribution in [0.1, 0.15) is 11.1 Å². The Bertz CT molecular complexity index is 1100. The number of benzene rings is 2. The SMILES string of the molecule is C=CCN1C(=O)SC(=Cc2cc(Cl)c(OCc3cccc([N+](=O)[O-])c3)c(OC)c2)C1=O. The lowest BCUT2D eigenvalue weighted by Crippen LogP contribution is -2.27. The van der Waals surface area contributed by atoms with Gasteiger partial charge in [-0.15, -0.1) is 6.58 Å². The number of hydrogen-bond donors (Lipinski definition) is 0. The summed E-state index contributed by atoms with van der Waals surface area (Å²) >= 11 is 7.20. The molecule has 1 heterocycles. The van der Waals surface area contributed by atoms with Crippen molar-refractivity contribution in [1.29, 1.82) is 0 Å². The van der Waals surface area contributed by atoms with E-state index in [2.05, 4.69) is 6.58 Å². The van der Waals surface area contributed by atoms with Gasteiger partial charge in [-0.1, -0.05) is 29.8 Å². The summed E-state index contributed by atoms with van der Waals surface area (Å²) < 4.78 is 11.1. The molecule has 0 aromatic heterocycles. The van der Waals surface area contributed by atoms with Crippen LogP contribution < -0.4 is 9.47 Å². The molecule has 0 atom stereocenters. The highest BCUT2D eigenvalue weighted by Gasteiger charge is 2.34. The minimum absolute atomic E-state index is 0.0392. The average molecular weight is 461 g/mol. The maximum absolute atomic E-state index is 12.4. The van der Waals surface area contributed by atoms with Gasteiger partial charge in [-0.05, 0) is 41.1 Å². The van der Waals surface area contributed by atoms with Crippen molar-refractivity contribution in [2.24, 2.45) is 0 Å². The highest BCUT2D eigenvalue weighted by Crippen LogP contribution is 2.39. The van der Waals surface area contributed by atoms with E-state index in [1.54, 1.807) is 30.3 Å². The largest absolute Gasteiger partial charge is 0.493 e. The van der Waals surface area contributed by atoms with Crippen molar-refractivity contribution in [3.8, 4) is 11.5 Å². The summed E-state index contributed by atoms with van der Waals surface area (Å²) in [4.78, 5) is 36.2. The number of hydrogen-bond acceptors (Lipinski definition) is 7. The number of amides is 2. The number of nitrogens with zero attached hydrogens (tertiary/aromatic N) is 2. The first kappa shape index (κ1) is 22.4. The Morgan fingerprint density at radius 1 is 1.29 bits per heavy atom. The van der Waals surface area contributed by atoms with E-state index in [0.717, 1.165) is 16.7 Å². The first-order chi connectivity index (χ1) is 14.8. The Kier molecular flexibility index (Phi) is 6.98. The quantitative estimate of drug-likeness (QED) is 0.235. The predicted octanol–water partition coefficient (Wildman–Crippen LogP) is 5.06. The standard InChI is InChI=1S/C21H17ClN2O6S/c1-3-7-23-20(25)18(31-21(23)26)11-14-9-16(22)19(17(10-14)29-2)30-12-13-5-4-6-15(8-13)24(27)28/h3-6,8-11H,1,7,12H2,2H3. The Morgan fingerprint density at radius 2 is 2.06 bits per heavy atom. The molecule has 3 rings (SSSR count). The van der Waals surface area contributed by atoms with Crippen LogP contribution in [0.15, 0.2) is 54.0 Å². The van der Waals surface area contributed by atoms with E-state index < -0.39 is 10.8 Å². The summed E-state index contributed by atoms with van der Waals surface area (Å²) in [5.74, 6) is 0.165. The van der Waals surface area contributed by atoms with Gasteiger partial charge in [0.05, 0.1) is 22.0 Å². The van der Waals surface area contributed by atoms with Crippen LogP contribution in [0.5, 0.6) is 11.5 Å². The molecule has 10 heteroatoms. The number of rotatable bonds is 8. The van der Waals surface area contributed by atoms with E-state index in [1.165, 1.54) is 25.3 Å². The van der Waals surface area contributed by atoms with E-state index in [-0.39, 0.29) is 39.8 Å². The lowest BCUT2D eigenvalue weighted by Gasteiger charge is -2.13. The van der Waals surface area contributed by atoms with Crippen LogP contribution >= 0.6 is 23.4 Å². The van der Waals surface area contributed by atoms with Crippen molar-refractivity contribution in [1.82, 2.24) is 4.90 Å². The van der Waals surface area contributed by atoms with E-state index >= 15 is 0 Å². The van der Waals surface area contributed by atoms with Gasteiger partial charge in [0.1, 0.15) is 6.61 Å². The van der Waals surface area contributed by atoms with E-state index in [9.17, 15) is 19.7 Å². The minimum Gasteiger partial charge on any atom is -0.493 e. The zero-order valence-corrected chi connectivity index (χ0v) is 17.9. The monoisotopic (exact) mass is 460 g/mol. The number of methoxy groups -OCH3 is 1. The molecule has 0 spiro atoms. The summed E-state index contributed by atoms with van der Waals surface area (Å²) in [6.07, 6.45) is 3.03. The number of non-ortho nitro benzene ring substituents is 1. The molecule has 1 aliphatic rings. The fourth-order valence-electron chi connectivity index (χ4n) is 2.82. The first-order valence-electron chi connectivity index (χ1n) is 8.94. The third-order valence-electron chi connectivity index (χ3n) is 4.24. The zero-order chi connectivity index (χ0) is 22.5. The van der Waals surface area contributed by atoms with Crippen LogP contribution in [-0.2, 0) is 11.4 Å². The van der Waals surface area contributed by atoms with Crippen LogP contribution in [0.2, 0.25) is 5.02 Å². The molecule has 31 heavy (non-hydrogen) atoms. The Balaban J connectivity index is 1.83. The van der Waals surface area contributed by atoms with Crippen LogP contribution in [0, 0.1) is 10.1 Å². The van der Waals surface area contributed by atoms with E-state index in [4.69, 9.17) is 21.1 Å². The number of carbonyl (C=O) groups is 2. The van der Waals surface area contributed by atoms with Gasteiger partial charge in [-0.25, -0.2) is 0 Å². The van der Waals surface area contributed by atoms with Gasteiger partial charge in [-0.2, -0.15) is 0 Å². The molecule has 1 aliphatic heterocycles. The summed E-state index contributed by atoms with van der Waals surface area (Å²) in [6.45, 7) is 3.72. The molecule has 160 valence electrons. The Labute approximate surface area is 187 Å². The molecule has 0 bridgehead atoms. The number of nitro benzene ring substituents is 1. The number of carbonyl (C=O) groups excluding carboxylic acids is 2. The van der Waals surface area contributed by atoms with Gasteiger partial charge < -0.3 is 9.47 Å². The molecular weight excluding hydrogens is 444 g/mol. The molecule has 1 fully saturated rings. The second-order valence-corrected chi connectivity index (χ2v) is 7.73. The minimum atomic E-state index is -0.484. The van der Waals surface area contributed by atoms with Crippen LogP contribution in [0.4, 0.5) is 10.5 Å². The number of ether oxygens (including phenoxy) is 2. The maximum atomic E-state index is 12.4. The number of nitro groups is 1. The van der Waals surface area contributed by atoms with Crippen molar-refractivity contribution in [3.63, 3.8) is 0 Å². The molecule has 2 aromatic rings. The summed E-state index contributed by atoms with van der Waals surface area (Å²) in [6, 6.07) is 9.26. The van der Waals surface area contributed by atoms with Crippen LogP contribution in [-0.4, -0.2) is 34.6 Å². The molecule has 0 radical (unpaired) electrons. The molecular formula is C21H17ClN2O6S. The van der Waals surface area contributed by atoms with Crippen molar-refractivity contribution >= 4 is 46.3 Å². The lowest BCUT2D eigenvalue weighted by molar-refractivity contribution is -0.384. The topological polar surface area (TPSA) is 99.0 Å². The normalized spacial score (nSPS) is 14.8. The number of halogens is 1. The molecule has 2 amide bonds. The molecule has 2 aromatic carbocycles. The second-order valence-electron chi connectivity index (χ2n) is 6.33. The predicted molar refractivity (Wildman–Crippen MR) is 118 cm³/mol. The fourth-order valence-corrected chi connectivity index (χ4v) is 3.94. The van der Waals surface area contributed by atoms with Gasteiger partial charge in [0.15, 0.2) is 11.5 Å². The zero-order valence-electron chi connectivity index (χ0n) is 16.4. The Hall–Kier alpha value is -3.30. The third-order valence-corrected chi connectivity index (χ3v) is 5.43. The molecule has 1 saturated heterocycles. The third kappa shape index (κ3) is 5.07. The summed E-state index contributed by atoms with van der Waals surface area (Å²) in [5.41, 5.74) is 1.10. The smallest absolute Gasteiger partial charge is 0.293 e. The number of imide groups is 1. The molecule has 0 aliphatic carbocycles. The highest BCUT2D eigenvalue weighted by atomic mass is 35.5. The van der Waals surface area contributed by atoms with Crippen molar-refractivity contribution in [3.05, 3.63) is 80.2 Å². The average Bonchev–Trinajstić information content (AvgIpc) is 3.00. The highest BCUT2D eigenvalue weighted by molar-refractivity contribution is 8.18. The van der Waals surface area contributed by atoms with Gasteiger partial charge >= 0.3 is 0 Å². The van der Waals surface area contributed by atoms with Crippen molar-refractivity contribution in [2.75, 3.05) is 13.7 Å². The van der Waals surface area contributed by atoms with E-state index in [0.29, 0.717) is 16.9 Å². The summed E-state index contributed by atoms with van der Waals surface area (Å²) in [7, 11) is 1.44. The maximum Gasteiger partial charge on any atom is 0.293 e. The van der Waals surface area contributed by atoms with Crippen LogP contribution in [0.25, 0.3) is 6.08 Å². The lowest BCUT2D eigenvalue weighted by atomic mass is 10.1. The van der Waals surface area contributed by atoms with Gasteiger partial charge in [0.2, 0.25) is 0 Å². The number of thioether (sulfide) groups is 1. The second kappa shape index (κ2) is 9.67. The summed E-state index contributed by atoms with van der Waals surface area (Å²) in [5, 5.41) is 10.8. The van der Waals surface area contributed by atoms with Crippen LogP contribution in [0.3, 0.4) is 0 Å². The molecule has 0 saturated carbocycles. The van der Waals surface area contributed by atoms with Gasteiger partial charge in [0, 0.05) is 18.7 Å².